The van der Waals surface area contributed by atoms with Crippen LogP contribution >= 0.6 is 0 Å². The minimum absolute atomic E-state index is 0.0725. The van der Waals surface area contributed by atoms with Crippen LogP contribution in [0.5, 0.6) is 0 Å². The van der Waals surface area contributed by atoms with Gasteiger partial charge in [0.05, 0.1) is 0 Å². The van der Waals surface area contributed by atoms with Crippen molar-refractivity contribution in [2.24, 2.45) is 0 Å². The first-order valence-corrected chi connectivity index (χ1v) is 7.08. The summed E-state index contributed by atoms with van der Waals surface area (Å²) >= 11 is 0. The van der Waals surface area contributed by atoms with E-state index in [1.165, 1.54) is 6.92 Å². The number of hydrogen-bond acceptors (Lipinski definition) is 5. The summed E-state index contributed by atoms with van der Waals surface area (Å²) in [7, 11) is 0. The quantitative estimate of drug-likeness (QED) is 0.806. The molecule has 22 heavy (non-hydrogen) atoms. The van der Waals surface area contributed by atoms with Gasteiger partial charge >= 0.3 is 0 Å². The van der Waals surface area contributed by atoms with Gasteiger partial charge in [0.15, 0.2) is 0 Å². The molecule has 0 bridgehead atoms. The van der Waals surface area contributed by atoms with Crippen LogP contribution in [0.1, 0.15) is 27.7 Å². The molecular weight excluding hydrogens is 278 g/mol. The van der Waals surface area contributed by atoms with Crippen molar-refractivity contribution < 1.29 is 4.79 Å². The zero-order chi connectivity index (χ0) is 16.2. The van der Waals surface area contributed by atoms with E-state index in [-0.39, 0.29) is 11.4 Å². The van der Waals surface area contributed by atoms with Crippen molar-refractivity contribution in [2.75, 3.05) is 16.0 Å². The van der Waals surface area contributed by atoms with Crippen molar-refractivity contribution in [3.8, 4) is 0 Å². The highest BCUT2D eigenvalue weighted by atomic mass is 16.1. The van der Waals surface area contributed by atoms with Gasteiger partial charge in [-0.2, -0.15) is 4.98 Å². The number of aromatic nitrogens is 2. The average Bonchev–Trinajstić information content (AvgIpc) is 2.36. The highest BCUT2D eigenvalue weighted by Gasteiger charge is 2.10. The summed E-state index contributed by atoms with van der Waals surface area (Å²) in [5.41, 5.74) is 1.46. The van der Waals surface area contributed by atoms with E-state index in [2.05, 4.69) is 46.7 Å². The van der Waals surface area contributed by atoms with Gasteiger partial charge < -0.3 is 16.0 Å². The lowest BCUT2D eigenvalue weighted by Crippen LogP contribution is -2.26. The number of benzene rings is 1. The third kappa shape index (κ3) is 5.05. The normalized spacial score (nSPS) is 10.9. The van der Waals surface area contributed by atoms with Crippen LogP contribution in [0.15, 0.2) is 36.5 Å². The fourth-order valence-corrected chi connectivity index (χ4v) is 1.88. The standard InChI is InChI=1S/C16H21N5O/c1-11(22)18-12-6-5-7-13(10-12)19-15-17-9-8-14(20-15)21-16(2,3)4/h5-10H,1-4H3,(H,18,22)(H2,17,19,20,21). The van der Waals surface area contributed by atoms with E-state index in [9.17, 15) is 4.79 Å². The van der Waals surface area contributed by atoms with E-state index in [4.69, 9.17) is 0 Å². The Bertz CT molecular complexity index is 664. The van der Waals surface area contributed by atoms with Gasteiger partial charge in [-0.1, -0.05) is 6.07 Å². The first kappa shape index (κ1) is 15.8. The Balaban J connectivity index is 2.13. The van der Waals surface area contributed by atoms with E-state index < -0.39 is 0 Å². The number of hydrogen-bond donors (Lipinski definition) is 3. The van der Waals surface area contributed by atoms with Crippen LogP contribution in [0.4, 0.5) is 23.1 Å². The molecule has 0 atom stereocenters. The summed E-state index contributed by atoms with van der Waals surface area (Å²) in [6.45, 7) is 7.68. The van der Waals surface area contributed by atoms with Crippen molar-refractivity contribution in [3.63, 3.8) is 0 Å². The van der Waals surface area contributed by atoms with Crippen LogP contribution in [0.25, 0.3) is 0 Å². The molecule has 0 fully saturated rings. The second kappa shape index (κ2) is 6.43. The Morgan fingerprint density at radius 1 is 1.14 bits per heavy atom. The Kier molecular flexibility index (Phi) is 4.60. The maximum atomic E-state index is 11.1. The molecule has 0 aliphatic carbocycles. The van der Waals surface area contributed by atoms with E-state index in [0.717, 1.165) is 17.2 Å². The van der Waals surface area contributed by atoms with Gasteiger partial charge in [0, 0.05) is 30.0 Å². The van der Waals surface area contributed by atoms with Crippen LogP contribution in [-0.2, 0) is 4.79 Å². The summed E-state index contributed by atoms with van der Waals surface area (Å²) in [5, 5.41) is 9.17. The predicted octanol–water partition coefficient (Wildman–Crippen LogP) is 3.39. The molecule has 0 radical (unpaired) electrons. The lowest BCUT2D eigenvalue weighted by Gasteiger charge is -2.21. The van der Waals surface area contributed by atoms with Crippen LogP contribution in [0, 0.1) is 0 Å². The molecule has 6 heteroatoms. The predicted molar refractivity (Wildman–Crippen MR) is 89.4 cm³/mol. The van der Waals surface area contributed by atoms with Crippen molar-refractivity contribution >= 4 is 29.0 Å². The Hall–Kier alpha value is -2.63. The molecular formula is C16H21N5O. The highest BCUT2D eigenvalue weighted by Crippen LogP contribution is 2.19. The molecule has 1 aromatic heterocycles. The van der Waals surface area contributed by atoms with Crippen LogP contribution in [-0.4, -0.2) is 21.4 Å². The van der Waals surface area contributed by atoms with Gasteiger partial charge in [-0.15, -0.1) is 0 Å². The highest BCUT2D eigenvalue weighted by molar-refractivity contribution is 5.89. The molecule has 1 aromatic carbocycles. The van der Waals surface area contributed by atoms with Gasteiger partial charge in [-0.05, 0) is 45.0 Å². The average molecular weight is 299 g/mol. The maximum Gasteiger partial charge on any atom is 0.229 e. The van der Waals surface area contributed by atoms with E-state index in [1.54, 1.807) is 6.20 Å². The number of carbonyl (C=O) groups is 1. The summed E-state index contributed by atoms with van der Waals surface area (Å²) in [4.78, 5) is 19.7. The van der Waals surface area contributed by atoms with E-state index >= 15 is 0 Å². The zero-order valence-corrected chi connectivity index (χ0v) is 13.3. The van der Waals surface area contributed by atoms with Crippen LogP contribution < -0.4 is 16.0 Å². The molecule has 6 nitrogen and oxygen atoms in total. The maximum absolute atomic E-state index is 11.1. The lowest BCUT2D eigenvalue weighted by molar-refractivity contribution is -0.114. The molecule has 0 aliphatic heterocycles. The third-order valence-electron chi connectivity index (χ3n) is 2.60. The molecule has 0 saturated carbocycles. The number of amides is 1. The molecule has 0 saturated heterocycles. The monoisotopic (exact) mass is 299 g/mol. The minimum Gasteiger partial charge on any atom is -0.365 e. The Morgan fingerprint density at radius 3 is 2.55 bits per heavy atom. The smallest absolute Gasteiger partial charge is 0.229 e. The largest absolute Gasteiger partial charge is 0.365 e. The fourth-order valence-electron chi connectivity index (χ4n) is 1.88. The van der Waals surface area contributed by atoms with Gasteiger partial charge in [0.1, 0.15) is 5.82 Å². The van der Waals surface area contributed by atoms with Crippen molar-refractivity contribution in [1.29, 1.82) is 0 Å². The van der Waals surface area contributed by atoms with Crippen LogP contribution in [0.2, 0.25) is 0 Å². The van der Waals surface area contributed by atoms with E-state index in [1.807, 2.05) is 30.3 Å². The van der Waals surface area contributed by atoms with Gasteiger partial charge in [-0.3, -0.25) is 4.79 Å². The summed E-state index contributed by atoms with van der Waals surface area (Å²) < 4.78 is 0. The third-order valence-corrected chi connectivity index (χ3v) is 2.60. The summed E-state index contributed by atoms with van der Waals surface area (Å²) in [6.07, 6.45) is 1.70. The first-order chi connectivity index (χ1) is 10.3. The fraction of sp³-hybridized carbons (Fsp3) is 0.312. The summed E-state index contributed by atoms with van der Waals surface area (Å²) in [5.74, 6) is 1.14. The molecule has 0 unspecified atom stereocenters. The number of carbonyl (C=O) groups excluding carboxylic acids is 1. The number of anilines is 4. The van der Waals surface area contributed by atoms with Gasteiger partial charge in [0.2, 0.25) is 11.9 Å². The minimum atomic E-state index is -0.107. The second-order valence-corrected chi connectivity index (χ2v) is 6.03. The Labute approximate surface area is 130 Å². The Morgan fingerprint density at radius 2 is 1.86 bits per heavy atom. The number of nitrogens with zero attached hydrogens (tertiary/aromatic N) is 2. The van der Waals surface area contributed by atoms with Gasteiger partial charge in [0.25, 0.3) is 0 Å². The van der Waals surface area contributed by atoms with E-state index in [0.29, 0.717) is 5.95 Å². The zero-order valence-electron chi connectivity index (χ0n) is 13.3. The second-order valence-electron chi connectivity index (χ2n) is 6.03. The molecule has 2 aromatic rings. The molecule has 2 rings (SSSR count). The number of nitrogens with one attached hydrogen (secondary N) is 3. The van der Waals surface area contributed by atoms with Crippen LogP contribution in [0.3, 0.4) is 0 Å². The topological polar surface area (TPSA) is 78.9 Å². The molecule has 0 spiro atoms. The number of rotatable bonds is 4. The van der Waals surface area contributed by atoms with Crippen molar-refractivity contribution in [1.82, 2.24) is 9.97 Å². The van der Waals surface area contributed by atoms with Gasteiger partial charge in [-0.25, -0.2) is 4.98 Å². The SMILES string of the molecule is CC(=O)Nc1cccc(Nc2nccc(NC(C)(C)C)n2)c1. The lowest BCUT2D eigenvalue weighted by atomic mass is 10.1. The molecule has 3 N–H and O–H groups in total. The molecule has 1 heterocycles. The van der Waals surface area contributed by atoms with Crippen molar-refractivity contribution in [3.05, 3.63) is 36.5 Å². The molecule has 1 amide bonds. The van der Waals surface area contributed by atoms with Crippen molar-refractivity contribution in [2.45, 2.75) is 33.2 Å². The first-order valence-electron chi connectivity index (χ1n) is 7.08. The molecule has 116 valence electrons. The molecule has 0 aliphatic rings. The summed E-state index contributed by atoms with van der Waals surface area (Å²) in [6, 6.07) is 9.22.